The van der Waals surface area contributed by atoms with E-state index in [-0.39, 0.29) is 11.8 Å². The number of hydrogen-bond donors (Lipinski definition) is 1. The van der Waals surface area contributed by atoms with Crippen LogP contribution in [-0.2, 0) is 9.59 Å². The highest BCUT2D eigenvalue weighted by atomic mass is 32.2. The number of hydrazine groups is 1. The Kier molecular flexibility index (Phi) is 4.64. The Morgan fingerprint density at radius 1 is 1.33 bits per heavy atom. The third-order valence-electron chi connectivity index (χ3n) is 2.77. The van der Waals surface area contributed by atoms with Gasteiger partial charge in [0.15, 0.2) is 4.32 Å². The predicted molar refractivity (Wildman–Crippen MR) is 89.6 cm³/mol. The van der Waals surface area contributed by atoms with E-state index < -0.39 is 0 Å². The normalized spacial score (nSPS) is 16.5. The van der Waals surface area contributed by atoms with E-state index in [1.807, 2.05) is 43.3 Å². The smallest absolute Gasteiger partial charge is 0.285 e. The van der Waals surface area contributed by atoms with E-state index in [1.54, 1.807) is 6.08 Å². The number of carbonyl (C=O) groups excluding carboxylic acids is 2. The molecule has 0 unspecified atom stereocenters. The molecule has 0 aromatic heterocycles. The molecule has 1 saturated heterocycles. The van der Waals surface area contributed by atoms with Gasteiger partial charge in [-0.15, -0.1) is 0 Å². The summed E-state index contributed by atoms with van der Waals surface area (Å²) in [6.07, 6.45) is 1.76. The lowest BCUT2D eigenvalue weighted by molar-refractivity contribution is -0.131. The van der Waals surface area contributed by atoms with Crippen molar-refractivity contribution in [3.05, 3.63) is 34.7 Å². The van der Waals surface area contributed by atoms with Crippen LogP contribution >= 0.6 is 24.0 Å². The van der Waals surface area contributed by atoms with Gasteiger partial charge < -0.3 is 4.90 Å². The Bertz CT molecular complexity index is 624. The molecule has 1 aromatic rings. The molecule has 1 heterocycles. The third kappa shape index (κ3) is 3.62. The average molecular weight is 321 g/mol. The number of anilines is 1. The van der Waals surface area contributed by atoms with Crippen LogP contribution in [0.25, 0.3) is 6.08 Å². The molecule has 0 spiro atoms. The zero-order valence-corrected chi connectivity index (χ0v) is 13.5. The van der Waals surface area contributed by atoms with Gasteiger partial charge in [0.25, 0.3) is 5.91 Å². The number of nitrogens with one attached hydrogen (secondary N) is 1. The van der Waals surface area contributed by atoms with Crippen LogP contribution in [0.3, 0.4) is 0 Å². The minimum Gasteiger partial charge on any atom is -0.378 e. The minimum atomic E-state index is -0.331. The van der Waals surface area contributed by atoms with Crippen LogP contribution in [0.2, 0.25) is 0 Å². The Labute approximate surface area is 133 Å². The van der Waals surface area contributed by atoms with Gasteiger partial charge in [0.05, 0.1) is 4.91 Å². The predicted octanol–water partition coefficient (Wildman–Crippen LogP) is 2.00. The topological polar surface area (TPSA) is 52.7 Å². The minimum absolute atomic E-state index is 0.308. The van der Waals surface area contributed by atoms with Crippen molar-refractivity contribution in [2.45, 2.75) is 6.92 Å². The summed E-state index contributed by atoms with van der Waals surface area (Å²) >= 11 is 6.26. The van der Waals surface area contributed by atoms with Crippen molar-refractivity contribution in [2.75, 3.05) is 19.0 Å². The highest BCUT2D eigenvalue weighted by molar-refractivity contribution is 8.26. The Hall–Kier alpha value is -1.86. The SMILES string of the molecule is CC(=O)NN1C(=O)/C(=C/c2ccc(N(C)C)cc2)SC1=S. The van der Waals surface area contributed by atoms with Gasteiger partial charge in [-0.3, -0.25) is 15.0 Å². The van der Waals surface area contributed by atoms with Gasteiger partial charge >= 0.3 is 0 Å². The number of thiocarbonyl (C=S) groups is 1. The summed E-state index contributed by atoms with van der Waals surface area (Å²) in [5.74, 6) is -0.639. The number of thioether (sulfide) groups is 1. The summed E-state index contributed by atoms with van der Waals surface area (Å²) in [6, 6.07) is 7.81. The summed E-state index contributed by atoms with van der Waals surface area (Å²) in [7, 11) is 3.93. The van der Waals surface area contributed by atoms with Crippen LogP contribution in [0, 0.1) is 0 Å². The maximum atomic E-state index is 12.2. The molecule has 2 amide bonds. The molecule has 110 valence electrons. The third-order valence-corrected chi connectivity index (χ3v) is 4.07. The Morgan fingerprint density at radius 2 is 1.95 bits per heavy atom. The number of amides is 2. The second-order valence-corrected chi connectivity index (χ2v) is 6.35. The lowest BCUT2D eigenvalue weighted by atomic mass is 10.2. The molecule has 7 heteroatoms. The van der Waals surface area contributed by atoms with E-state index in [2.05, 4.69) is 5.43 Å². The summed E-state index contributed by atoms with van der Waals surface area (Å²) in [6.45, 7) is 1.34. The van der Waals surface area contributed by atoms with E-state index in [0.717, 1.165) is 16.3 Å². The van der Waals surface area contributed by atoms with E-state index in [1.165, 1.54) is 18.7 Å². The van der Waals surface area contributed by atoms with Crippen molar-refractivity contribution in [1.82, 2.24) is 10.4 Å². The van der Waals surface area contributed by atoms with E-state index in [0.29, 0.717) is 9.23 Å². The maximum Gasteiger partial charge on any atom is 0.285 e. The second kappa shape index (κ2) is 6.28. The Morgan fingerprint density at radius 3 is 2.48 bits per heavy atom. The second-order valence-electron chi connectivity index (χ2n) is 4.67. The van der Waals surface area contributed by atoms with Crippen molar-refractivity contribution >= 4 is 51.9 Å². The lowest BCUT2D eigenvalue weighted by Crippen LogP contribution is -2.43. The van der Waals surface area contributed by atoms with Crippen molar-refractivity contribution < 1.29 is 9.59 Å². The zero-order chi connectivity index (χ0) is 15.6. The standard InChI is InChI=1S/C14H15N3O2S2/c1-9(18)15-17-13(19)12(21-14(17)20)8-10-4-6-11(7-5-10)16(2)3/h4-8H,1-3H3,(H,15,18)/b12-8-. The molecule has 1 aliphatic heterocycles. The lowest BCUT2D eigenvalue weighted by Gasteiger charge is -2.13. The fourth-order valence-corrected chi connectivity index (χ4v) is 2.92. The van der Waals surface area contributed by atoms with Crippen molar-refractivity contribution in [1.29, 1.82) is 0 Å². The van der Waals surface area contributed by atoms with E-state index in [9.17, 15) is 9.59 Å². The first kappa shape index (κ1) is 15.5. The van der Waals surface area contributed by atoms with Crippen LogP contribution in [0.4, 0.5) is 5.69 Å². The van der Waals surface area contributed by atoms with Gasteiger partial charge in [-0.2, -0.15) is 5.01 Å². The molecule has 1 aliphatic rings. The van der Waals surface area contributed by atoms with Gasteiger partial charge in [0, 0.05) is 26.7 Å². The summed E-state index contributed by atoms with van der Waals surface area (Å²) in [4.78, 5) is 25.7. The number of benzene rings is 1. The molecule has 5 nitrogen and oxygen atoms in total. The summed E-state index contributed by atoms with van der Waals surface area (Å²) < 4.78 is 0.325. The van der Waals surface area contributed by atoms with E-state index >= 15 is 0 Å². The zero-order valence-electron chi connectivity index (χ0n) is 11.9. The molecule has 1 fully saturated rings. The van der Waals surface area contributed by atoms with Gasteiger partial charge in [-0.25, -0.2) is 0 Å². The Balaban J connectivity index is 2.20. The molecule has 1 N–H and O–H groups in total. The van der Waals surface area contributed by atoms with Crippen LogP contribution in [0.15, 0.2) is 29.2 Å². The van der Waals surface area contributed by atoms with Crippen LogP contribution in [0.1, 0.15) is 12.5 Å². The maximum absolute atomic E-state index is 12.2. The molecule has 2 rings (SSSR count). The van der Waals surface area contributed by atoms with Gasteiger partial charge in [0.2, 0.25) is 5.91 Å². The number of hydrogen-bond acceptors (Lipinski definition) is 5. The van der Waals surface area contributed by atoms with E-state index in [4.69, 9.17) is 12.2 Å². The first-order valence-corrected chi connectivity index (χ1v) is 7.43. The molecule has 0 radical (unpaired) electrons. The van der Waals surface area contributed by atoms with Crippen molar-refractivity contribution in [2.24, 2.45) is 0 Å². The fourth-order valence-electron chi connectivity index (χ4n) is 1.74. The number of carbonyl (C=O) groups is 2. The van der Waals surface area contributed by atoms with Gasteiger partial charge in [-0.1, -0.05) is 23.9 Å². The van der Waals surface area contributed by atoms with Crippen LogP contribution < -0.4 is 10.3 Å². The molecule has 0 atom stereocenters. The number of nitrogens with zero attached hydrogens (tertiary/aromatic N) is 2. The first-order valence-electron chi connectivity index (χ1n) is 6.21. The molecule has 21 heavy (non-hydrogen) atoms. The summed E-state index contributed by atoms with van der Waals surface area (Å²) in [5.41, 5.74) is 4.40. The average Bonchev–Trinajstić information content (AvgIpc) is 2.67. The quantitative estimate of drug-likeness (QED) is 0.682. The molecule has 0 saturated carbocycles. The van der Waals surface area contributed by atoms with Gasteiger partial charge in [-0.05, 0) is 36.0 Å². The first-order chi connectivity index (χ1) is 9.88. The van der Waals surface area contributed by atoms with Crippen LogP contribution in [-0.4, -0.2) is 35.2 Å². The number of rotatable bonds is 3. The van der Waals surface area contributed by atoms with Crippen molar-refractivity contribution in [3.63, 3.8) is 0 Å². The molecule has 0 aliphatic carbocycles. The highest BCUT2D eigenvalue weighted by Crippen LogP contribution is 2.31. The molecule has 0 bridgehead atoms. The van der Waals surface area contributed by atoms with Gasteiger partial charge in [0.1, 0.15) is 0 Å². The largest absolute Gasteiger partial charge is 0.378 e. The van der Waals surface area contributed by atoms with Crippen molar-refractivity contribution in [3.8, 4) is 0 Å². The molecular formula is C14H15N3O2S2. The molecular weight excluding hydrogens is 306 g/mol. The van der Waals surface area contributed by atoms with Crippen LogP contribution in [0.5, 0.6) is 0 Å². The fraction of sp³-hybridized carbons (Fsp3) is 0.214. The molecule has 1 aromatic carbocycles. The summed E-state index contributed by atoms with van der Waals surface area (Å²) in [5, 5.41) is 1.10. The highest BCUT2D eigenvalue weighted by Gasteiger charge is 2.32. The monoisotopic (exact) mass is 321 g/mol.